The van der Waals surface area contributed by atoms with Crippen molar-refractivity contribution in [2.24, 2.45) is 5.92 Å². The third kappa shape index (κ3) is 3.92. The Labute approximate surface area is 127 Å². The first-order chi connectivity index (χ1) is 10.3. The van der Waals surface area contributed by atoms with Crippen LogP contribution in [0.5, 0.6) is 0 Å². The number of oxazole rings is 1. The number of nitrogens with zero attached hydrogens (tertiary/aromatic N) is 1. The molecule has 21 heavy (non-hydrogen) atoms. The van der Waals surface area contributed by atoms with E-state index in [0.717, 1.165) is 30.1 Å². The molecule has 2 aromatic rings. The van der Waals surface area contributed by atoms with Gasteiger partial charge in [-0.15, -0.1) is 11.3 Å². The van der Waals surface area contributed by atoms with Crippen molar-refractivity contribution < 1.29 is 9.21 Å². The molecule has 112 valence electrons. The summed E-state index contributed by atoms with van der Waals surface area (Å²) < 4.78 is 5.42. The van der Waals surface area contributed by atoms with Crippen molar-refractivity contribution in [1.29, 1.82) is 0 Å². The van der Waals surface area contributed by atoms with E-state index in [1.54, 1.807) is 17.6 Å². The second-order valence-electron chi connectivity index (χ2n) is 5.30. The number of hydrogen-bond donors (Lipinski definition) is 2. The van der Waals surface area contributed by atoms with Gasteiger partial charge in [0.1, 0.15) is 6.26 Å². The molecule has 3 heterocycles. The Morgan fingerprint density at radius 2 is 2.52 bits per heavy atom. The number of carbonyl (C=O) groups excluding carboxylic acids is 1. The molecule has 0 bridgehead atoms. The fourth-order valence-corrected chi connectivity index (χ4v) is 3.13. The number of rotatable bonds is 6. The van der Waals surface area contributed by atoms with Gasteiger partial charge in [0.25, 0.3) is 0 Å². The number of thiophene rings is 1. The van der Waals surface area contributed by atoms with E-state index in [0.29, 0.717) is 24.8 Å². The summed E-state index contributed by atoms with van der Waals surface area (Å²) in [5.74, 6) is 1.35. The lowest BCUT2D eigenvalue weighted by atomic mass is 10.0. The molecule has 1 unspecified atom stereocenters. The summed E-state index contributed by atoms with van der Waals surface area (Å²) in [7, 11) is 0. The van der Waals surface area contributed by atoms with E-state index in [-0.39, 0.29) is 5.91 Å². The lowest BCUT2D eigenvalue weighted by Gasteiger charge is -2.07. The van der Waals surface area contributed by atoms with Gasteiger partial charge in [0.15, 0.2) is 0 Å². The standard InChI is InChI=1S/C15H19N3O2S/c19-14(4-3-11-5-6-16-8-11)17-9-12-10-20-15(18-12)13-2-1-7-21-13/h1-2,7,10-11,16H,3-6,8-9H2,(H,17,19). The Morgan fingerprint density at radius 3 is 3.29 bits per heavy atom. The molecule has 1 aliphatic heterocycles. The van der Waals surface area contributed by atoms with Crippen LogP contribution >= 0.6 is 11.3 Å². The minimum absolute atomic E-state index is 0.0857. The zero-order chi connectivity index (χ0) is 14.5. The molecule has 0 aliphatic carbocycles. The smallest absolute Gasteiger partial charge is 0.236 e. The zero-order valence-electron chi connectivity index (χ0n) is 11.8. The molecular formula is C15H19N3O2S. The zero-order valence-corrected chi connectivity index (χ0v) is 12.6. The quantitative estimate of drug-likeness (QED) is 0.860. The van der Waals surface area contributed by atoms with Gasteiger partial charge in [-0.05, 0) is 43.3 Å². The van der Waals surface area contributed by atoms with Gasteiger partial charge in [0.05, 0.1) is 17.1 Å². The van der Waals surface area contributed by atoms with Crippen molar-refractivity contribution >= 4 is 17.2 Å². The molecule has 0 aromatic carbocycles. The lowest BCUT2D eigenvalue weighted by molar-refractivity contribution is -0.121. The Morgan fingerprint density at radius 1 is 1.57 bits per heavy atom. The molecular weight excluding hydrogens is 286 g/mol. The van der Waals surface area contributed by atoms with Crippen LogP contribution in [0.15, 0.2) is 28.2 Å². The Kier molecular flexibility index (Phi) is 4.67. The van der Waals surface area contributed by atoms with E-state index < -0.39 is 0 Å². The monoisotopic (exact) mass is 305 g/mol. The van der Waals surface area contributed by atoms with Crippen molar-refractivity contribution in [3.63, 3.8) is 0 Å². The highest BCUT2D eigenvalue weighted by atomic mass is 32.1. The maximum atomic E-state index is 11.8. The third-order valence-electron chi connectivity index (χ3n) is 3.69. The Bertz CT molecular complexity index is 574. The molecule has 1 amide bonds. The number of aromatic nitrogens is 1. The minimum Gasteiger partial charge on any atom is -0.443 e. The number of nitrogens with one attached hydrogen (secondary N) is 2. The molecule has 2 aromatic heterocycles. The highest BCUT2D eigenvalue weighted by Gasteiger charge is 2.15. The molecule has 1 aliphatic rings. The van der Waals surface area contributed by atoms with Crippen LogP contribution in [0.4, 0.5) is 0 Å². The molecule has 0 radical (unpaired) electrons. The van der Waals surface area contributed by atoms with Gasteiger partial charge >= 0.3 is 0 Å². The van der Waals surface area contributed by atoms with E-state index in [9.17, 15) is 4.79 Å². The van der Waals surface area contributed by atoms with Crippen molar-refractivity contribution in [2.75, 3.05) is 13.1 Å². The SMILES string of the molecule is O=C(CCC1CCNC1)NCc1coc(-c2cccs2)n1. The first-order valence-corrected chi connectivity index (χ1v) is 8.15. The van der Waals surface area contributed by atoms with Gasteiger partial charge in [-0.1, -0.05) is 6.07 Å². The fourth-order valence-electron chi connectivity index (χ4n) is 2.48. The molecule has 0 saturated carbocycles. The van der Waals surface area contributed by atoms with Crippen LogP contribution in [0.3, 0.4) is 0 Å². The predicted molar refractivity (Wildman–Crippen MR) is 81.9 cm³/mol. The van der Waals surface area contributed by atoms with Crippen LogP contribution in [0.2, 0.25) is 0 Å². The second-order valence-corrected chi connectivity index (χ2v) is 6.24. The van der Waals surface area contributed by atoms with Gasteiger partial charge in [0, 0.05) is 6.42 Å². The number of carbonyl (C=O) groups is 1. The average molecular weight is 305 g/mol. The summed E-state index contributed by atoms with van der Waals surface area (Å²) in [5.41, 5.74) is 0.759. The van der Waals surface area contributed by atoms with E-state index in [1.165, 1.54) is 6.42 Å². The van der Waals surface area contributed by atoms with Crippen molar-refractivity contribution in [1.82, 2.24) is 15.6 Å². The first kappa shape index (κ1) is 14.3. The summed E-state index contributed by atoms with van der Waals surface area (Å²) in [4.78, 5) is 17.2. The number of hydrogen-bond acceptors (Lipinski definition) is 5. The summed E-state index contributed by atoms with van der Waals surface area (Å²) in [6.07, 6.45) is 4.33. The normalized spacial score (nSPS) is 18.0. The van der Waals surface area contributed by atoms with E-state index >= 15 is 0 Å². The minimum atomic E-state index is 0.0857. The molecule has 5 nitrogen and oxygen atoms in total. The van der Waals surface area contributed by atoms with Crippen LogP contribution in [0.25, 0.3) is 10.8 Å². The third-order valence-corrected chi connectivity index (χ3v) is 4.55. The molecule has 3 rings (SSSR count). The van der Waals surface area contributed by atoms with E-state index in [2.05, 4.69) is 15.6 Å². The average Bonchev–Trinajstić information content (AvgIpc) is 3.24. The lowest BCUT2D eigenvalue weighted by Crippen LogP contribution is -2.23. The van der Waals surface area contributed by atoms with Crippen LogP contribution in [-0.2, 0) is 11.3 Å². The van der Waals surface area contributed by atoms with Gasteiger partial charge in [-0.25, -0.2) is 4.98 Å². The Balaban J connectivity index is 1.43. The van der Waals surface area contributed by atoms with Gasteiger partial charge < -0.3 is 15.1 Å². The molecule has 1 saturated heterocycles. The van der Waals surface area contributed by atoms with Crippen LogP contribution in [-0.4, -0.2) is 24.0 Å². The van der Waals surface area contributed by atoms with Crippen molar-refractivity contribution in [3.05, 3.63) is 29.5 Å². The summed E-state index contributed by atoms with van der Waals surface area (Å²) in [6.45, 7) is 2.55. The van der Waals surface area contributed by atoms with Gasteiger partial charge in [-0.3, -0.25) is 4.79 Å². The Hall–Kier alpha value is -1.66. The first-order valence-electron chi connectivity index (χ1n) is 7.27. The van der Waals surface area contributed by atoms with E-state index in [4.69, 9.17) is 4.42 Å². The molecule has 1 fully saturated rings. The summed E-state index contributed by atoms with van der Waals surface area (Å²) in [5, 5.41) is 8.20. The van der Waals surface area contributed by atoms with Crippen molar-refractivity contribution in [3.8, 4) is 10.8 Å². The molecule has 1 atom stereocenters. The topological polar surface area (TPSA) is 67.2 Å². The second kappa shape index (κ2) is 6.87. The highest BCUT2D eigenvalue weighted by Crippen LogP contribution is 2.23. The largest absolute Gasteiger partial charge is 0.443 e. The molecule has 0 spiro atoms. The fraction of sp³-hybridized carbons (Fsp3) is 0.467. The van der Waals surface area contributed by atoms with Crippen LogP contribution in [0, 0.1) is 5.92 Å². The van der Waals surface area contributed by atoms with Crippen LogP contribution in [0.1, 0.15) is 25.0 Å². The molecule has 2 N–H and O–H groups in total. The van der Waals surface area contributed by atoms with Gasteiger partial charge in [0.2, 0.25) is 11.8 Å². The summed E-state index contributed by atoms with van der Waals surface area (Å²) in [6, 6.07) is 3.93. The predicted octanol–water partition coefficient (Wildman–Crippen LogP) is 2.41. The summed E-state index contributed by atoms with van der Waals surface area (Å²) >= 11 is 1.59. The highest BCUT2D eigenvalue weighted by molar-refractivity contribution is 7.13. The number of amides is 1. The molecule has 6 heteroatoms. The maximum Gasteiger partial charge on any atom is 0.236 e. The van der Waals surface area contributed by atoms with Crippen LogP contribution < -0.4 is 10.6 Å². The van der Waals surface area contributed by atoms with Gasteiger partial charge in [-0.2, -0.15) is 0 Å². The van der Waals surface area contributed by atoms with E-state index in [1.807, 2.05) is 17.5 Å². The maximum absolute atomic E-state index is 11.8. The van der Waals surface area contributed by atoms with Crippen molar-refractivity contribution in [2.45, 2.75) is 25.8 Å².